The largest absolute Gasteiger partial charge is 0.307 e. The van der Waals surface area contributed by atoms with Crippen LogP contribution >= 0.6 is 15.9 Å². The molecule has 88 valence electrons. The molecule has 0 fully saturated rings. The topological polar surface area (TPSA) is 37.8 Å². The second kappa shape index (κ2) is 5.84. The minimum absolute atomic E-state index is 0.213. The zero-order valence-corrected chi connectivity index (χ0v) is 10.6. The number of nitrogens with zero attached hydrogens (tertiary/aromatic N) is 2. The number of hydrogen-bond acceptors (Lipinski definition) is 3. The Morgan fingerprint density at radius 2 is 2.12 bits per heavy atom. The van der Waals surface area contributed by atoms with Gasteiger partial charge >= 0.3 is 0 Å². The van der Waals surface area contributed by atoms with E-state index in [1.807, 2.05) is 12.1 Å². The first-order valence-electron chi connectivity index (χ1n) is 5.15. The van der Waals surface area contributed by atoms with Crippen LogP contribution in [-0.4, -0.2) is 9.97 Å². The minimum atomic E-state index is -0.213. The van der Waals surface area contributed by atoms with E-state index in [0.29, 0.717) is 18.7 Å². The molecule has 1 N–H and O–H groups in total. The Morgan fingerprint density at radius 3 is 2.82 bits per heavy atom. The number of rotatable bonds is 4. The molecule has 0 radical (unpaired) electrons. The van der Waals surface area contributed by atoms with Crippen LogP contribution < -0.4 is 5.32 Å². The molecule has 3 nitrogen and oxygen atoms in total. The first-order chi connectivity index (χ1) is 8.25. The Kier molecular flexibility index (Phi) is 4.17. The van der Waals surface area contributed by atoms with Crippen molar-refractivity contribution in [2.75, 3.05) is 0 Å². The molecule has 0 aliphatic rings. The molecule has 0 amide bonds. The van der Waals surface area contributed by atoms with E-state index >= 15 is 0 Å². The van der Waals surface area contributed by atoms with Crippen LogP contribution in [0.25, 0.3) is 0 Å². The number of halogens is 2. The summed E-state index contributed by atoms with van der Waals surface area (Å²) < 4.78 is 14.2. The van der Waals surface area contributed by atoms with E-state index < -0.39 is 0 Å². The molecule has 0 bridgehead atoms. The molecule has 2 rings (SSSR count). The molecule has 17 heavy (non-hydrogen) atoms. The number of hydrogen-bond donors (Lipinski definition) is 1. The summed E-state index contributed by atoms with van der Waals surface area (Å²) in [4.78, 5) is 7.90. The van der Waals surface area contributed by atoms with E-state index in [1.54, 1.807) is 12.3 Å². The maximum atomic E-state index is 13.5. The third-order valence-corrected chi connectivity index (χ3v) is 2.77. The van der Waals surface area contributed by atoms with Crippen molar-refractivity contribution in [2.45, 2.75) is 13.1 Å². The van der Waals surface area contributed by atoms with E-state index in [0.717, 1.165) is 10.2 Å². The van der Waals surface area contributed by atoms with Crippen LogP contribution in [0, 0.1) is 5.82 Å². The summed E-state index contributed by atoms with van der Waals surface area (Å²) in [6.45, 7) is 1.07. The Hall–Kier alpha value is -1.33. The zero-order valence-electron chi connectivity index (χ0n) is 9.03. The predicted octanol–water partition coefficient (Wildman–Crippen LogP) is 2.67. The molecule has 0 saturated carbocycles. The highest BCUT2D eigenvalue weighted by molar-refractivity contribution is 9.10. The van der Waals surface area contributed by atoms with Crippen LogP contribution in [0.15, 0.2) is 41.3 Å². The summed E-state index contributed by atoms with van der Waals surface area (Å²) in [5.74, 6) is -0.213. The summed E-state index contributed by atoms with van der Waals surface area (Å²) in [6, 6.07) is 6.86. The molecular weight excluding hydrogens is 285 g/mol. The molecule has 0 spiro atoms. The highest BCUT2D eigenvalue weighted by Gasteiger charge is 2.02. The van der Waals surface area contributed by atoms with Gasteiger partial charge in [-0.2, -0.15) is 0 Å². The molecule has 0 aliphatic heterocycles. The molecule has 1 aromatic carbocycles. The Bertz CT molecular complexity index is 490. The van der Waals surface area contributed by atoms with Crippen molar-refractivity contribution in [2.24, 2.45) is 0 Å². The van der Waals surface area contributed by atoms with Crippen molar-refractivity contribution in [3.05, 3.63) is 58.3 Å². The lowest BCUT2D eigenvalue weighted by atomic mass is 10.2. The quantitative estimate of drug-likeness (QED) is 0.942. The molecule has 0 atom stereocenters. The van der Waals surface area contributed by atoms with Gasteiger partial charge in [0.15, 0.2) is 0 Å². The summed E-state index contributed by atoms with van der Waals surface area (Å²) in [6.07, 6.45) is 3.18. The SMILES string of the molecule is Fc1cc(Br)ccc1CNCc1ccncn1. The van der Waals surface area contributed by atoms with Crippen LogP contribution in [0.4, 0.5) is 4.39 Å². The number of benzene rings is 1. The molecular formula is C12H11BrFN3. The summed E-state index contributed by atoms with van der Waals surface area (Å²) in [5, 5.41) is 3.13. The van der Waals surface area contributed by atoms with Crippen molar-refractivity contribution >= 4 is 15.9 Å². The Labute approximate surface area is 107 Å². The fourth-order valence-corrected chi connectivity index (χ4v) is 1.75. The summed E-state index contributed by atoms with van der Waals surface area (Å²) in [5.41, 5.74) is 1.53. The fraction of sp³-hybridized carbons (Fsp3) is 0.167. The standard InChI is InChI=1S/C12H11BrFN3/c13-10-2-1-9(12(14)5-10)6-16-7-11-3-4-15-8-17-11/h1-5,8,16H,6-7H2. The maximum Gasteiger partial charge on any atom is 0.128 e. The molecule has 5 heteroatoms. The lowest BCUT2D eigenvalue weighted by Crippen LogP contribution is -2.14. The molecule has 0 saturated heterocycles. The van der Waals surface area contributed by atoms with E-state index in [4.69, 9.17) is 0 Å². The van der Waals surface area contributed by atoms with E-state index in [-0.39, 0.29) is 5.82 Å². The third-order valence-electron chi connectivity index (χ3n) is 2.28. The van der Waals surface area contributed by atoms with Gasteiger partial charge in [0.25, 0.3) is 0 Å². The van der Waals surface area contributed by atoms with E-state index in [9.17, 15) is 4.39 Å². The molecule has 1 aromatic heterocycles. The van der Waals surface area contributed by atoms with Gasteiger partial charge < -0.3 is 5.32 Å². The van der Waals surface area contributed by atoms with Gasteiger partial charge in [0.2, 0.25) is 0 Å². The van der Waals surface area contributed by atoms with Gasteiger partial charge in [0, 0.05) is 29.3 Å². The second-order valence-electron chi connectivity index (χ2n) is 3.54. The predicted molar refractivity (Wildman–Crippen MR) is 66.7 cm³/mol. The van der Waals surface area contributed by atoms with Crippen molar-refractivity contribution in [1.29, 1.82) is 0 Å². The molecule has 0 aliphatic carbocycles. The number of nitrogens with one attached hydrogen (secondary N) is 1. The van der Waals surface area contributed by atoms with Gasteiger partial charge in [-0.15, -0.1) is 0 Å². The Morgan fingerprint density at radius 1 is 1.24 bits per heavy atom. The van der Waals surface area contributed by atoms with Crippen LogP contribution in [-0.2, 0) is 13.1 Å². The lowest BCUT2D eigenvalue weighted by molar-refractivity contribution is 0.585. The van der Waals surface area contributed by atoms with Gasteiger partial charge in [-0.3, -0.25) is 0 Å². The summed E-state index contributed by atoms with van der Waals surface area (Å²) in [7, 11) is 0. The molecule has 2 aromatic rings. The summed E-state index contributed by atoms with van der Waals surface area (Å²) >= 11 is 3.22. The van der Waals surface area contributed by atoms with Crippen LogP contribution in [0.2, 0.25) is 0 Å². The normalized spacial score (nSPS) is 10.5. The maximum absolute atomic E-state index is 13.5. The Balaban J connectivity index is 1.90. The first kappa shape index (κ1) is 12.1. The smallest absolute Gasteiger partial charge is 0.128 e. The number of aromatic nitrogens is 2. The average molecular weight is 296 g/mol. The van der Waals surface area contributed by atoms with Gasteiger partial charge in [0.05, 0.1) is 5.69 Å². The first-order valence-corrected chi connectivity index (χ1v) is 5.94. The van der Waals surface area contributed by atoms with Crippen molar-refractivity contribution in [3.63, 3.8) is 0 Å². The highest BCUT2D eigenvalue weighted by Crippen LogP contribution is 2.15. The van der Waals surface area contributed by atoms with Gasteiger partial charge in [0.1, 0.15) is 12.1 Å². The monoisotopic (exact) mass is 295 g/mol. The van der Waals surface area contributed by atoms with Gasteiger partial charge in [-0.1, -0.05) is 22.0 Å². The van der Waals surface area contributed by atoms with Crippen molar-refractivity contribution < 1.29 is 4.39 Å². The molecule has 0 unspecified atom stereocenters. The molecule has 1 heterocycles. The van der Waals surface area contributed by atoms with Crippen molar-refractivity contribution in [3.8, 4) is 0 Å². The van der Waals surface area contributed by atoms with Gasteiger partial charge in [-0.25, -0.2) is 14.4 Å². The zero-order chi connectivity index (χ0) is 12.1. The van der Waals surface area contributed by atoms with Crippen LogP contribution in [0.5, 0.6) is 0 Å². The fourth-order valence-electron chi connectivity index (χ4n) is 1.41. The van der Waals surface area contributed by atoms with Crippen LogP contribution in [0.1, 0.15) is 11.3 Å². The average Bonchev–Trinajstić information content (AvgIpc) is 2.33. The third kappa shape index (κ3) is 3.57. The lowest BCUT2D eigenvalue weighted by Gasteiger charge is -2.05. The minimum Gasteiger partial charge on any atom is -0.307 e. The van der Waals surface area contributed by atoms with Gasteiger partial charge in [-0.05, 0) is 18.2 Å². The van der Waals surface area contributed by atoms with Crippen molar-refractivity contribution in [1.82, 2.24) is 15.3 Å². The van der Waals surface area contributed by atoms with E-state index in [1.165, 1.54) is 12.4 Å². The second-order valence-corrected chi connectivity index (χ2v) is 4.46. The van der Waals surface area contributed by atoms with E-state index in [2.05, 4.69) is 31.2 Å². The highest BCUT2D eigenvalue weighted by atomic mass is 79.9. The van der Waals surface area contributed by atoms with Crippen LogP contribution in [0.3, 0.4) is 0 Å².